The molecule has 6 nitrogen and oxygen atoms in total. The van der Waals surface area contributed by atoms with Gasteiger partial charge in [0, 0.05) is 23.6 Å². The first-order chi connectivity index (χ1) is 11.7. The molecule has 0 spiro atoms. The van der Waals surface area contributed by atoms with Crippen molar-refractivity contribution in [2.45, 2.75) is 45.3 Å². The molecule has 1 fully saturated rings. The summed E-state index contributed by atoms with van der Waals surface area (Å²) in [6, 6.07) is 7.27. The average molecular weight is 413 g/mol. The fourth-order valence-corrected chi connectivity index (χ4v) is 2.97. The molecule has 7 heteroatoms. The molecule has 1 N–H and O–H groups in total. The van der Waals surface area contributed by atoms with Gasteiger partial charge in [-0.1, -0.05) is 22.0 Å². The molecule has 0 aromatic heterocycles. The van der Waals surface area contributed by atoms with E-state index >= 15 is 0 Å². The van der Waals surface area contributed by atoms with Gasteiger partial charge in [-0.05, 0) is 51.8 Å². The highest BCUT2D eigenvalue weighted by Crippen LogP contribution is 2.18. The number of halogens is 1. The molecule has 2 rings (SSSR count). The molecular weight excluding hydrogens is 388 g/mol. The molecule has 0 aliphatic carbocycles. The van der Waals surface area contributed by atoms with Crippen molar-refractivity contribution >= 4 is 27.9 Å². The summed E-state index contributed by atoms with van der Waals surface area (Å²) in [5.41, 5.74) is -0.536. The van der Waals surface area contributed by atoms with Crippen molar-refractivity contribution in [2.24, 2.45) is 0 Å². The second kappa shape index (κ2) is 8.56. The molecule has 1 atom stereocenters. The Hall–Kier alpha value is -1.76. The summed E-state index contributed by atoms with van der Waals surface area (Å²) >= 11 is 3.37. The minimum Gasteiger partial charge on any atom is -0.484 e. The van der Waals surface area contributed by atoms with Gasteiger partial charge in [0.2, 0.25) is 0 Å². The summed E-state index contributed by atoms with van der Waals surface area (Å²) in [7, 11) is 0. The summed E-state index contributed by atoms with van der Waals surface area (Å²) in [6.45, 7) is 6.59. The first kappa shape index (κ1) is 19.6. The fourth-order valence-electron chi connectivity index (χ4n) is 2.59. The molecule has 0 saturated carbocycles. The zero-order valence-electron chi connectivity index (χ0n) is 14.9. The van der Waals surface area contributed by atoms with E-state index in [9.17, 15) is 9.59 Å². The summed E-state index contributed by atoms with van der Waals surface area (Å²) in [5, 5.41) is 2.84. The Morgan fingerprint density at radius 2 is 2.12 bits per heavy atom. The maximum atomic E-state index is 12.4. The lowest BCUT2D eigenvalue weighted by molar-refractivity contribution is -0.134. The number of nitrogens with zero attached hydrogens (tertiary/aromatic N) is 1. The summed E-state index contributed by atoms with van der Waals surface area (Å²) in [5.74, 6) is 0.554. The second-order valence-corrected chi connectivity index (χ2v) is 7.99. The quantitative estimate of drug-likeness (QED) is 0.822. The van der Waals surface area contributed by atoms with E-state index in [0.29, 0.717) is 18.8 Å². The van der Waals surface area contributed by atoms with Crippen molar-refractivity contribution in [2.75, 3.05) is 19.7 Å². The van der Waals surface area contributed by atoms with Crippen molar-refractivity contribution < 1.29 is 19.1 Å². The van der Waals surface area contributed by atoms with Crippen LogP contribution >= 0.6 is 15.9 Å². The van der Waals surface area contributed by atoms with Crippen LogP contribution in [0.5, 0.6) is 5.75 Å². The van der Waals surface area contributed by atoms with Gasteiger partial charge in [0.15, 0.2) is 6.61 Å². The maximum Gasteiger partial charge on any atom is 0.407 e. The number of ether oxygens (including phenoxy) is 2. The third kappa shape index (κ3) is 6.94. The normalized spacial score (nSPS) is 17.8. The first-order valence-corrected chi connectivity index (χ1v) is 9.18. The lowest BCUT2D eigenvalue weighted by Crippen LogP contribution is -2.51. The van der Waals surface area contributed by atoms with Crippen LogP contribution in [0, 0.1) is 0 Å². The number of amides is 2. The molecule has 1 aromatic carbocycles. The van der Waals surface area contributed by atoms with Gasteiger partial charge in [0.25, 0.3) is 5.91 Å². The number of nitrogens with one attached hydrogen (secondary N) is 1. The standard InChI is InChI=1S/C18H25BrN2O4/c1-18(2,3)25-17(23)20-14-7-5-9-21(11-14)16(22)12-24-15-8-4-6-13(19)10-15/h4,6,8,10,14H,5,7,9,11-12H2,1-3H3,(H,20,23). The molecule has 1 aromatic rings. The smallest absolute Gasteiger partial charge is 0.407 e. The van der Waals surface area contributed by atoms with Crippen LogP contribution in [-0.4, -0.2) is 48.2 Å². The van der Waals surface area contributed by atoms with Crippen LogP contribution in [0.15, 0.2) is 28.7 Å². The van der Waals surface area contributed by atoms with Crippen molar-refractivity contribution in [1.29, 1.82) is 0 Å². The molecular formula is C18H25BrN2O4. The van der Waals surface area contributed by atoms with Crippen molar-refractivity contribution in [3.05, 3.63) is 28.7 Å². The van der Waals surface area contributed by atoms with Gasteiger partial charge in [-0.3, -0.25) is 4.79 Å². The number of rotatable bonds is 4. The van der Waals surface area contributed by atoms with Crippen LogP contribution in [0.4, 0.5) is 4.79 Å². The van der Waals surface area contributed by atoms with Crippen LogP contribution in [0.2, 0.25) is 0 Å². The van der Waals surface area contributed by atoms with E-state index in [0.717, 1.165) is 17.3 Å². The van der Waals surface area contributed by atoms with E-state index in [2.05, 4.69) is 21.2 Å². The van der Waals surface area contributed by atoms with E-state index in [1.807, 2.05) is 39.0 Å². The predicted molar refractivity (Wildman–Crippen MR) is 98.6 cm³/mol. The Balaban J connectivity index is 1.81. The Morgan fingerprint density at radius 1 is 1.36 bits per heavy atom. The summed E-state index contributed by atoms with van der Waals surface area (Å²) in [4.78, 5) is 26.0. The van der Waals surface area contributed by atoms with Gasteiger partial charge >= 0.3 is 6.09 Å². The highest BCUT2D eigenvalue weighted by Gasteiger charge is 2.26. The van der Waals surface area contributed by atoms with Crippen LogP contribution in [0.3, 0.4) is 0 Å². The fraction of sp³-hybridized carbons (Fsp3) is 0.556. The summed E-state index contributed by atoms with van der Waals surface area (Å²) in [6.07, 6.45) is 1.22. The molecule has 1 unspecified atom stereocenters. The van der Waals surface area contributed by atoms with Crippen molar-refractivity contribution in [1.82, 2.24) is 10.2 Å². The minimum atomic E-state index is -0.536. The third-order valence-electron chi connectivity index (χ3n) is 3.65. The van der Waals surface area contributed by atoms with Crippen molar-refractivity contribution in [3.63, 3.8) is 0 Å². The van der Waals surface area contributed by atoms with Gasteiger partial charge in [0.1, 0.15) is 11.4 Å². The maximum absolute atomic E-state index is 12.4. The number of piperidine rings is 1. The number of carbonyl (C=O) groups is 2. The van der Waals surface area contributed by atoms with E-state index in [1.165, 1.54) is 0 Å². The second-order valence-electron chi connectivity index (χ2n) is 7.07. The largest absolute Gasteiger partial charge is 0.484 e. The zero-order valence-corrected chi connectivity index (χ0v) is 16.5. The van der Waals surface area contributed by atoms with Crippen molar-refractivity contribution in [3.8, 4) is 5.75 Å². The number of carbonyl (C=O) groups excluding carboxylic acids is 2. The van der Waals surface area contributed by atoms with Gasteiger partial charge < -0.3 is 19.7 Å². The van der Waals surface area contributed by atoms with E-state index in [1.54, 1.807) is 11.0 Å². The topological polar surface area (TPSA) is 67.9 Å². The zero-order chi connectivity index (χ0) is 18.4. The number of hydrogen-bond acceptors (Lipinski definition) is 4. The number of likely N-dealkylation sites (tertiary alicyclic amines) is 1. The van der Waals surface area contributed by atoms with E-state index < -0.39 is 11.7 Å². The van der Waals surface area contributed by atoms with Crippen LogP contribution in [-0.2, 0) is 9.53 Å². The number of hydrogen-bond donors (Lipinski definition) is 1. The molecule has 1 saturated heterocycles. The summed E-state index contributed by atoms with van der Waals surface area (Å²) < 4.78 is 11.7. The third-order valence-corrected chi connectivity index (χ3v) is 4.15. The Kier molecular flexibility index (Phi) is 6.70. The lowest BCUT2D eigenvalue weighted by atomic mass is 10.1. The molecule has 1 heterocycles. The molecule has 1 aliphatic heterocycles. The highest BCUT2D eigenvalue weighted by atomic mass is 79.9. The molecule has 1 aliphatic rings. The molecule has 25 heavy (non-hydrogen) atoms. The Labute approximate surface area is 157 Å². The molecule has 138 valence electrons. The Bertz CT molecular complexity index is 615. The van der Waals surface area contributed by atoms with Gasteiger partial charge in [-0.25, -0.2) is 4.79 Å². The highest BCUT2D eigenvalue weighted by molar-refractivity contribution is 9.10. The molecule has 2 amide bonds. The molecule has 0 bridgehead atoms. The van der Waals surface area contributed by atoms with Crippen LogP contribution < -0.4 is 10.1 Å². The number of alkyl carbamates (subject to hydrolysis) is 1. The minimum absolute atomic E-state index is 0.0182. The van der Waals surface area contributed by atoms with Gasteiger partial charge in [-0.2, -0.15) is 0 Å². The van der Waals surface area contributed by atoms with Gasteiger partial charge in [0.05, 0.1) is 0 Å². The number of benzene rings is 1. The monoisotopic (exact) mass is 412 g/mol. The SMILES string of the molecule is CC(C)(C)OC(=O)NC1CCCN(C(=O)COc2cccc(Br)c2)C1. The lowest BCUT2D eigenvalue weighted by Gasteiger charge is -2.33. The predicted octanol–water partition coefficient (Wildman–Crippen LogP) is 3.34. The van der Waals surface area contributed by atoms with Gasteiger partial charge in [-0.15, -0.1) is 0 Å². The van der Waals surface area contributed by atoms with Crippen LogP contribution in [0.1, 0.15) is 33.6 Å². The van der Waals surface area contributed by atoms with Crippen LogP contribution in [0.25, 0.3) is 0 Å². The van der Waals surface area contributed by atoms with E-state index in [-0.39, 0.29) is 18.6 Å². The van der Waals surface area contributed by atoms with E-state index in [4.69, 9.17) is 9.47 Å². The first-order valence-electron chi connectivity index (χ1n) is 8.38. The Morgan fingerprint density at radius 3 is 2.80 bits per heavy atom. The molecule has 0 radical (unpaired) electrons. The average Bonchev–Trinajstić information content (AvgIpc) is 2.51.